The predicted octanol–water partition coefficient (Wildman–Crippen LogP) is 3.51. The Labute approximate surface area is 70.7 Å². The average molecular weight is 181 g/mol. The van der Waals surface area contributed by atoms with E-state index in [0.29, 0.717) is 0 Å². The first-order valence-corrected chi connectivity index (χ1v) is 3.85. The predicted molar refractivity (Wildman–Crippen MR) is 43.6 cm³/mol. The van der Waals surface area contributed by atoms with E-state index in [2.05, 4.69) is 5.11 Å². The number of halogens is 2. The quantitative estimate of drug-likeness (QED) is 0.391. The molecule has 0 heterocycles. The molecule has 0 fully saturated rings. The van der Waals surface area contributed by atoms with Gasteiger partial charge in [0.15, 0.2) is 0 Å². The van der Waals surface area contributed by atoms with Gasteiger partial charge in [-0.3, -0.25) is 0 Å². The summed E-state index contributed by atoms with van der Waals surface area (Å²) in [7, 11) is 0. The fourth-order valence-corrected chi connectivity index (χ4v) is 0.713. The van der Waals surface area contributed by atoms with Crippen molar-refractivity contribution in [1.29, 1.82) is 5.53 Å². The van der Waals surface area contributed by atoms with Gasteiger partial charge in [-0.25, -0.2) is 5.53 Å². The van der Waals surface area contributed by atoms with Crippen LogP contribution in [0.15, 0.2) is 16.3 Å². The molecule has 0 saturated heterocycles. The SMILES string of the molecule is C[C@@H](Cl)CC/C=C(/Cl)N=N. The normalized spacial score (nSPS) is 14.9. The van der Waals surface area contributed by atoms with Crippen molar-refractivity contribution in [3.8, 4) is 0 Å². The molecule has 0 radical (unpaired) electrons. The highest BCUT2D eigenvalue weighted by Gasteiger charge is 1.93. The van der Waals surface area contributed by atoms with Gasteiger partial charge in [0.2, 0.25) is 0 Å². The van der Waals surface area contributed by atoms with E-state index in [0.717, 1.165) is 12.8 Å². The van der Waals surface area contributed by atoms with Gasteiger partial charge in [-0.05, 0) is 25.8 Å². The minimum absolute atomic E-state index is 0.159. The van der Waals surface area contributed by atoms with Crippen LogP contribution in [0.3, 0.4) is 0 Å². The molecule has 1 atom stereocenters. The fraction of sp³-hybridized carbons (Fsp3) is 0.667. The minimum Gasteiger partial charge on any atom is -0.203 e. The fourth-order valence-electron chi connectivity index (χ4n) is 0.478. The maximum Gasteiger partial charge on any atom is 0.146 e. The standard InChI is InChI=1S/C6H10Cl2N2/c1-5(7)3-2-4-6(8)10-9/h4-5,9H,2-3H2,1H3/b6-4-,10-9?/t5-/m1/s1. The van der Waals surface area contributed by atoms with E-state index in [-0.39, 0.29) is 10.5 Å². The molecule has 0 aliphatic rings. The van der Waals surface area contributed by atoms with E-state index >= 15 is 0 Å². The largest absolute Gasteiger partial charge is 0.203 e. The van der Waals surface area contributed by atoms with Crippen molar-refractivity contribution < 1.29 is 0 Å². The molecular formula is C6H10Cl2N2. The molecule has 0 bridgehead atoms. The molecule has 0 aromatic rings. The van der Waals surface area contributed by atoms with Crippen molar-refractivity contribution in [3.05, 3.63) is 11.2 Å². The zero-order valence-electron chi connectivity index (χ0n) is 5.77. The third-order valence-corrected chi connectivity index (χ3v) is 1.44. The van der Waals surface area contributed by atoms with Gasteiger partial charge < -0.3 is 0 Å². The number of hydrogen-bond donors (Lipinski definition) is 1. The molecular weight excluding hydrogens is 171 g/mol. The van der Waals surface area contributed by atoms with Crippen LogP contribution in [0.2, 0.25) is 0 Å². The first kappa shape index (κ1) is 9.92. The molecule has 4 heteroatoms. The maximum atomic E-state index is 6.49. The zero-order valence-corrected chi connectivity index (χ0v) is 7.28. The van der Waals surface area contributed by atoms with Crippen molar-refractivity contribution >= 4 is 23.2 Å². The summed E-state index contributed by atoms with van der Waals surface area (Å²) in [5.74, 6) is 0. The Bertz CT molecular complexity index is 132. The number of nitrogens with one attached hydrogen (secondary N) is 1. The molecule has 10 heavy (non-hydrogen) atoms. The molecule has 0 saturated carbocycles. The first-order chi connectivity index (χ1) is 4.66. The van der Waals surface area contributed by atoms with Crippen LogP contribution in [0.5, 0.6) is 0 Å². The Kier molecular flexibility index (Phi) is 5.64. The molecule has 0 aromatic carbocycles. The van der Waals surface area contributed by atoms with Crippen molar-refractivity contribution in [1.82, 2.24) is 0 Å². The molecule has 0 rings (SSSR count). The van der Waals surface area contributed by atoms with Gasteiger partial charge in [-0.1, -0.05) is 11.6 Å². The number of hydrogen-bond acceptors (Lipinski definition) is 2. The zero-order chi connectivity index (χ0) is 7.98. The lowest BCUT2D eigenvalue weighted by molar-refractivity contribution is 0.819. The molecule has 1 N–H and O–H groups in total. The van der Waals surface area contributed by atoms with E-state index in [1.54, 1.807) is 6.08 Å². The Hall–Kier alpha value is -0.0800. The number of allylic oxidation sites excluding steroid dienone is 1. The van der Waals surface area contributed by atoms with Crippen LogP contribution in [0.4, 0.5) is 0 Å². The second kappa shape index (κ2) is 5.69. The maximum absolute atomic E-state index is 6.49. The van der Waals surface area contributed by atoms with E-state index in [4.69, 9.17) is 28.7 Å². The first-order valence-electron chi connectivity index (χ1n) is 3.04. The van der Waals surface area contributed by atoms with Gasteiger partial charge >= 0.3 is 0 Å². The van der Waals surface area contributed by atoms with Crippen LogP contribution in [-0.2, 0) is 0 Å². The van der Waals surface area contributed by atoms with Crippen LogP contribution >= 0.6 is 23.2 Å². The second-order valence-corrected chi connectivity index (χ2v) is 3.13. The summed E-state index contributed by atoms with van der Waals surface area (Å²) in [6.45, 7) is 1.92. The molecule has 0 aliphatic heterocycles. The lowest BCUT2D eigenvalue weighted by Crippen LogP contribution is -1.87. The van der Waals surface area contributed by atoms with Crippen molar-refractivity contribution in [2.75, 3.05) is 0 Å². The van der Waals surface area contributed by atoms with E-state index in [1.165, 1.54) is 0 Å². The van der Waals surface area contributed by atoms with E-state index in [1.807, 2.05) is 6.92 Å². The van der Waals surface area contributed by atoms with Crippen LogP contribution in [0.1, 0.15) is 19.8 Å². The van der Waals surface area contributed by atoms with E-state index in [9.17, 15) is 0 Å². The molecule has 58 valence electrons. The highest BCUT2D eigenvalue weighted by molar-refractivity contribution is 6.29. The molecule has 0 aliphatic carbocycles. The smallest absolute Gasteiger partial charge is 0.146 e. The Morgan fingerprint density at radius 3 is 2.80 bits per heavy atom. The summed E-state index contributed by atoms with van der Waals surface area (Å²) in [4.78, 5) is 0. The number of nitrogens with zero attached hydrogens (tertiary/aromatic N) is 1. The molecule has 0 spiro atoms. The second-order valence-electron chi connectivity index (χ2n) is 2.00. The summed E-state index contributed by atoms with van der Waals surface area (Å²) in [6.07, 6.45) is 3.34. The lowest BCUT2D eigenvalue weighted by atomic mass is 10.2. The summed E-state index contributed by atoms with van der Waals surface area (Å²) in [6, 6.07) is 0. The molecule has 0 unspecified atom stereocenters. The Balaban J connectivity index is 3.43. The summed E-state index contributed by atoms with van der Waals surface area (Å²) in [5.41, 5.74) is 6.49. The van der Waals surface area contributed by atoms with Crippen molar-refractivity contribution in [3.63, 3.8) is 0 Å². The third-order valence-electron chi connectivity index (χ3n) is 0.984. The summed E-state index contributed by atoms with van der Waals surface area (Å²) in [5, 5.41) is 3.41. The Morgan fingerprint density at radius 2 is 2.40 bits per heavy atom. The van der Waals surface area contributed by atoms with Gasteiger partial charge in [-0.2, -0.15) is 0 Å². The van der Waals surface area contributed by atoms with Gasteiger partial charge in [0, 0.05) is 5.38 Å². The Morgan fingerprint density at radius 1 is 1.80 bits per heavy atom. The molecule has 0 aromatic heterocycles. The topological polar surface area (TPSA) is 36.2 Å². The summed E-state index contributed by atoms with van der Waals surface area (Å²) >= 11 is 11.1. The van der Waals surface area contributed by atoms with Gasteiger partial charge in [0.1, 0.15) is 5.16 Å². The van der Waals surface area contributed by atoms with Crippen LogP contribution in [-0.4, -0.2) is 5.38 Å². The molecule has 0 amide bonds. The third kappa shape index (κ3) is 6.05. The van der Waals surface area contributed by atoms with Crippen molar-refractivity contribution in [2.45, 2.75) is 25.1 Å². The monoisotopic (exact) mass is 180 g/mol. The van der Waals surface area contributed by atoms with Gasteiger partial charge in [0.05, 0.1) is 0 Å². The van der Waals surface area contributed by atoms with E-state index < -0.39 is 0 Å². The molecule has 2 nitrogen and oxygen atoms in total. The van der Waals surface area contributed by atoms with Gasteiger partial charge in [0.25, 0.3) is 0 Å². The average Bonchev–Trinajstić information content (AvgIpc) is 1.87. The number of rotatable bonds is 4. The van der Waals surface area contributed by atoms with Crippen LogP contribution < -0.4 is 0 Å². The highest BCUT2D eigenvalue weighted by Crippen LogP contribution is 2.09. The highest BCUT2D eigenvalue weighted by atomic mass is 35.5. The minimum atomic E-state index is 0.159. The van der Waals surface area contributed by atoms with Crippen molar-refractivity contribution in [2.24, 2.45) is 5.11 Å². The number of alkyl halides is 1. The lowest BCUT2D eigenvalue weighted by Gasteiger charge is -1.96. The van der Waals surface area contributed by atoms with Crippen LogP contribution in [0, 0.1) is 5.53 Å². The summed E-state index contributed by atoms with van der Waals surface area (Å²) < 4.78 is 0. The van der Waals surface area contributed by atoms with Gasteiger partial charge in [-0.15, -0.1) is 16.7 Å². The van der Waals surface area contributed by atoms with Crippen LogP contribution in [0.25, 0.3) is 0 Å².